The minimum absolute atomic E-state index is 0.0928. The summed E-state index contributed by atoms with van der Waals surface area (Å²) in [6.45, 7) is 0. The largest absolute Gasteiger partial charge is 0.370 e. The van der Waals surface area contributed by atoms with Crippen molar-refractivity contribution in [2.24, 2.45) is 16.5 Å². The number of aryl methyl sites for hydroxylation is 2. The van der Waals surface area contributed by atoms with Crippen LogP contribution in [0.4, 0.5) is 5.69 Å². The molecular formula is C15H17N3. The van der Waals surface area contributed by atoms with Gasteiger partial charge >= 0.3 is 0 Å². The van der Waals surface area contributed by atoms with Crippen LogP contribution in [0.25, 0.3) is 0 Å². The maximum Gasteiger partial charge on any atom is 0.191 e. The van der Waals surface area contributed by atoms with Gasteiger partial charge in [0.25, 0.3) is 0 Å². The maximum atomic E-state index is 5.37. The van der Waals surface area contributed by atoms with Crippen LogP contribution in [0.2, 0.25) is 0 Å². The van der Waals surface area contributed by atoms with Crippen molar-refractivity contribution >= 4 is 11.6 Å². The van der Waals surface area contributed by atoms with Crippen molar-refractivity contribution in [1.82, 2.24) is 0 Å². The van der Waals surface area contributed by atoms with Gasteiger partial charge in [0, 0.05) is 0 Å². The molecule has 2 rings (SSSR count). The summed E-state index contributed by atoms with van der Waals surface area (Å²) in [6.07, 6.45) is 2.00. The Labute approximate surface area is 107 Å². The second-order valence-electron chi connectivity index (χ2n) is 4.19. The third kappa shape index (κ3) is 3.63. The summed E-state index contributed by atoms with van der Waals surface area (Å²) in [5.41, 5.74) is 14.1. The molecule has 0 atom stereocenters. The van der Waals surface area contributed by atoms with Crippen LogP contribution in [0.15, 0.2) is 59.6 Å². The smallest absolute Gasteiger partial charge is 0.191 e. The number of guanidine groups is 1. The lowest BCUT2D eigenvalue weighted by Gasteiger charge is -2.03. The van der Waals surface area contributed by atoms with Gasteiger partial charge in [0.15, 0.2) is 5.96 Å². The Morgan fingerprint density at radius 3 is 2.22 bits per heavy atom. The standard InChI is InChI=1S/C15H17N3/c16-15(17)18-14-8-4-7-13(11-14)10-9-12-5-2-1-3-6-12/h1-8,11H,9-10H2,(H4,16,17,18). The normalized spacial score (nSPS) is 10.0. The van der Waals surface area contributed by atoms with E-state index in [9.17, 15) is 0 Å². The van der Waals surface area contributed by atoms with E-state index in [0.29, 0.717) is 0 Å². The van der Waals surface area contributed by atoms with E-state index in [-0.39, 0.29) is 5.96 Å². The second kappa shape index (κ2) is 5.87. The molecule has 0 heterocycles. The Hall–Kier alpha value is -2.29. The van der Waals surface area contributed by atoms with Crippen LogP contribution >= 0.6 is 0 Å². The second-order valence-corrected chi connectivity index (χ2v) is 4.19. The molecule has 0 aliphatic carbocycles. The summed E-state index contributed by atoms with van der Waals surface area (Å²) in [4.78, 5) is 4.05. The molecular weight excluding hydrogens is 222 g/mol. The highest BCUT2D eigenvalue weighted by molar-refractivity contribution is 5.79. The lowest BCUT2D eigenvalue weighted by atomic mass is 10.0. The van der Waals surface area contributed by atoms with E-state index >= 15 is 0 Å². The van der Waals surface area contributed by atoms with E-state index in [1.54, 1.807) is 0 Å². The summed E-state index contributed by atoms with van der Waals surface area (Å²) in [5, 5.41) is 0. The Kier molecular flexibility index (Phi) is 3.97. The molecule has 0 aliphatic rings. The van der Waals surface area contributed by atoms with Crippen molar-refractivity contribution in [2.75, 3.05) is 0 Å². The van der Waals surface area contributed by atoms with Gasteiger partial charge in [-0.1, -0.05) is 42.5 Å². The lowest BCUT2D eigenvalue weighted by Crippen LogP contribution is -2.21. The molecule has 0 fully saturated rings. The fourth-order valence-corrected chi connectivity index (χ4v) is 1.86. The molecule has 2 aromatic rings. The highest BCUT2D eigenvalue weighted by Gasteiger charge is 1.97. The first-order valence-electron chi connectivity index (χ1n) is 5.96. The Balaban J connectivity index is 2.04. The monoisotopic (exact) mass is 239 g/mol. The first-order valence-corrected chi connectivity index (χ1v) is 5.96. The summed E-state index contributed by atoms with van der Waals surface area (Å²) in [5.74, 6) is 0.0928. The van der Waals surface area contributed by atoms with E-state index in [1.165, 1.54) is 11.1 Å². The van der Waals surface area contributed by atoms with Gasteiger partial charge in [0.2, 0.25) is 0 Å². The molecule has 0 unspecified atom stereocenters. The number of benzene rings is 2. The molecule has 0 saturated heterocycles. The highest BCUT2D eigenvalue weighted by Crippen LogP contribution is 2.15. The van der Waals surface area contributed by atoms with Crippen LogP contribution in [0.5, 0.6) is 0 Å². The van der Waals surface area contributed by atoms with Gasteiger partial charge in [-0.2, -0.15) is 0 Å². The third-order valence-electron chi connectivity index (χ3n) is 2.71. The van der Waals surface area contributed by atoms with Crippen molar-refractivity contribution < 1.29 is 0 Å². The van der Waals surface area contributed by atoms with E-state index in [1.807, 2.05) is 24.3 Å². The Bertz CT molecular complexity index is 528. The fraction of sp³-hybridized carbons (Fsp3) is 0.133. The van der Waals surface area contributed by atoms with Crippen molar-refractivity contribution in [3.63, 3.8) is 0 Å². The van der Waals surface area contributed by atoms with E-state index in [4.69, 9.17) is 11.5 Å². The van der Waals surface area contributed by atoms with Gasteiger partial charge in [-0.3, -0.25) is 0 Å². The number of rotatable bonds is 4. The Morgan fingerprint density at radius 2 is 1.50 bits per heavy atom. The number of hydrogen-bond acceptors (Lipinski definition) is 1. The van der Waals surface area contributed by atoms with Gasteiger partial charge < -0.3 is 11.5 Å². The van der Waals surface area contributed by atoms with E-state index < -0.39 is 0 Å². The van der Waals surface area contributed by atoms with Crippen molar-refractivity contribution in [3.05, 3.63) is 65.7 Å². The number of aliphatic imine (C=N–C) groups is 1. The van der Waals surface area contributed by atoms with Crippen LogP contribution < -0.4 is 11.5 Å². The first-order chi connectivity index (χ1) is 8.74. The van der Waals surface area contributed by atoms with Crippen LogP contribution in [-0.4, -0.2) is 5.96 Å². The van der Waals surface area contributed by atoms with Crippen LogP contribution in [0.1, 0.15) is 11.1 Å². The van der Waals surface area contributed by atoms with Gasteiger partial charge in [0.05, 0.1) is 5.69 Å². The topological polar surface area (TPSA) is 64.4 Å². The molecule has 0 bridgehead atoms. The molecule has 0 saturated carbocycles. The lowest BCUT2D eigenvalue weighted by molar-refractivity contribution is 0.960. The quantitative estimate of drug-likeness (QED) is 0.635. The molecule has 92 valence electrons. The summed E-state index contributed by atoms with van der Waals surface area (Å²) in [7, 11) is 0. The molecule has 0 spiro atoms. The van der Waals surface area contributed by atoms with Crippen LogP contribution in [0.3, 0.4) is 0 Å². The maximum absolute atomic E-state index is 5.37. The summed E-state index contributed by atoms with van der Waals surface area (Å²) in [6, 6.07) is 18.4. The van der Waals surface area contributed by atoms with Crippen molar-refractivity contribution in [3.8, 4) is 0 Å². The predicted molar refractivity (Wildman–Crippen MR) is 75.8 cm³/mol. The number of hydrogen-bond donors (Lipinski definition) is 2. The molecule has 0 radical (unpaired) electrons. The van der Waals surface area contributed by atoms with Crippen molar-refractivity contribution in [1.29, 1.82) is 0 Å². The zero-order valence-corrected chi connectivity index (χ0v) is 10.2. The highest BCUT2D eigenvalue weighted by atomic mass is 15.0. The minimum atomic E-state index is 0.0928. The van der Waals surface area contributed by atoms with Gasteiger partial charge in [0.1, 0.15) is 0 Å². The van der Waals surface area contributed by atoms with E-state index in [2.05, 4.69) is 35.3 Å². The average molecular weight is 239 g/mol. The average Bonchev–Trinajstić information content (AvgIpc) is 2.37. The minimum Gasteiger partial charge on any atom is -0.370 e. The zero-order valence-electron chi connectivity index (χ0n) is 10.2. The fourth-order valence-electron chi connectivity index (χ4n) is 1.86. The SMILES string of the molecule is NC(N)=Nc1cccc(CCc2ccccc2)c1. The predicted octanol–water partition coefficient (Wildman–Crippen LogP) is 2.38. The molecule has 0 aliphatic heterocycles. The molecule has 3 heteroatoms. The Morgan fingerprint density at radius 1 is 0.833 bits per heavy atom. The summed E-state index contributed by atoms with van der Waals surface area (Å²) < 4.78 is 0. The van der Waals surface area contributed by atoms with Crippen molar-refractivity contribution in [2.45, 2.75) is 12.8 Å². The van der Waals surface area contributed by atoms with Gasteiger partial charge in [-0.25, -0.2) is 4.99 Å². The van der Waals surface area contributed by atoms with Gasteiger partial charge in [-0.15, -0.1) is 0 Å². The van der Waals surface area contributed by atoms with E-state index in [0.717, 1.165) is 18.5 Å². The zero-order chi connectivity index (χ0) is 12.8. The molecule has 0 aromatic heterocycles. The number of nitrogens with zero attached hydrogens (tertiary/aromatic N) is 1. The van der Waals surface area contributed by atoms with Crippen LogP contribution in [-0.2, 0) is 12.8 Å². The first kappa shape index (κ1) is 12.2. The molecule has 2 aromatic carbocycles. The van der Waals surface area contributed by atoms with Gasteiger partial charge in [-0.05, 0) is 36.1 Å². The third-order valence-corrected chi connectivity index (χ3v) is 2.71. The molecule has 18 heavy (non-hydrogen) atoms. The number of nitrogens with two attached hydrogens (primary N) is 2. The summed E-state index contributed by atoms with van der Waals surface area (Å²) >= 11 is 0. The molecule has 3 nitrogen and oxygen atoms in total. The molecule has 4 N–H and O–H groups in total. The van der Waals surface area contributed by atoms with Crippen LogP contribution in [0, 0.1) is 0 Å². The molecule has 0 amide bonds.